The van der Waals surface area contributed by atoms with Crippen LogP contribution in [-0.2, 0) is 20.8 Å². The number of anilines is 1. The van der Waals surface area contributed by atoms with E-state index in [1.165, 1.54) is 10.9 Å². The summed E-state index contributed by atoms with van der Waals surface area (Å²) in [5, 5.41) is 9.70. The van der Waals surface area contributed by atoms with E-state index >= 15 is 0 Å². The molecule has 9 nitrogen and oxygen atoms in total. The van der Waals surface area contributed by atoms with Gasteiger partial charge in [-0.05, 0) is 5.56 Å². The fraction of sp³-hybridized carbons (Fsp3) is 0.421. The highest BCUT2D eigenvalue weighted by atomic mass is 16.5. The Morgan fingerprint density at radius 1 is 1.32 bits per heavy atom. The molecule has 1 aliphatic rings. The van der Waals surface area contributed by atoms with Gasteiger partial charge in [0.05, 0.1) is 37.7 Å². The molecule has 150 valence electrons. The Labute approximate surface area is 163 Å². The molecule has 1 unspecified atom stereocenters. The van der Waals surface area contributed by atoms with Crippen molar-refractivity contribution < 1.29 is 19.1 Å². The number of benzene rings is 1. The summed E-state index contributed by atoms with van der Waals surface area (Å²) in [6.07, 6.45) is 3.16. The van der Waals surface area contributed by atoms with Crippen molar-refractivity contribution in [3.63, 3.8) is 0 Å². The van der Waals surface area contributed by atoms with E-state index in [2.05, 4.69) is 15.7 Å². The van der Waals surface area contributed by atoms with Crippen LogP contribution in [0.4, 0.5) is 10.5 Å². The number of urea groups is 1. The number of amides is 3. The topological polar surface area (TPSA) is 97.7 Å². The van der Waals surface area contributed by atoms with Crippen LogP contribution in [0.1, 0.15) is 11.6 Å². The first-order valence-corrected chi connectivity index (χ1v) is 9.16. The van der Waals surface area contributed by atoms with Crippen molar-refractivity contribution in [3.05, 3.63) is 48.3 Å². The molecule has 28 heavy (non-hydrogen) atoms. The molecular formula is C19H25N5O4. The summed E-state index contributed by atoms with van der Waals surface area (Å²) in [4.78, 5) is 26.4. The molecular weight excluding hydrogens is 362 g/mol. The van der Waals surface area contributed by atoms with Crippen LogP contribution in [0.2, 0.25) is 0 Å². The Hall–Kier alpha value is -2.91. The lowest BCUT2D eigenvalue weighted by Crippen LogP contribution is -2.45. The van der Waals surface area contributed by atoms with Gasteiger partial charge in [-0.15, -0.1) is 0 Å². The number of morpholine rings is 1. The number of hydrogen-bond acceptors (Lipinski definition) is 5. The van der Waals surface area contributed by atoms with Gasteiger partial charge in [-0.2, -0.15) is 5.10 Å². The predicted molar refractivity (Wildman–Crippen MR) is 103 cm³/mol. The van der Waals surface area contributed by atoms with Crippen LogP contribution < -0.4 is 10.6 Å². The maximum absolute atomic E-state index is 12.8. The zero-order chi connectivity index (χ0) is 19.8. The van der Waals surface area contributed by atoms with Crippen molar-refractivity contribution in [2.75, 3.05) is 45.3 Å². The minimum Gasteiger partial charge on any atom is -0.383 e. The summed E-state index contributed by atoms with van der Waals surface area (Å²) >= 11 is 0. The number of nitrogens with zero attached hydrogens (tertiary/aromatic N) is 3. The largest absolute Gasteiger partial charge is 0.383 e. The molecule has 1 atom stereocenters. The van der Waals surface area contributed by atoms with E-state index in [0.717, 1.165) is 5.56 Å². The quantitative estimate of drug-likeness (QED) is 0.697. The van der Waals surface area contributed by atoms with Gasteiger partial charge in [-0.3, -0.25) is 9.48 Å². The Kier molecular flexibility index (Phi) is 6.99. The maximum Gasteiger partial charge on any atom is 0.322 e. The fourth-order valence-electron chi connectivity index (χ4n) is 3.00. The highest BCUT2D eigenvalue weighted by molar-refractivity contribution is 5.89. The second-order valence-corrected chi connectivity index (χ2v) is 6.39. The molecule has 1 aromatic heterocycles. The molecule has 1 saturated heterocycles. The van der Waals surface area contributed by atoms with E-state index in [4.69, 9.17) is 9.47 Å². The first kappa shape index (κ1) is 19.8. The molecule has 2 N–H and O–H groups in total. The average molecular weight is 387 g/mol. The molecule has 1 aliphatic heterocycles. The first-order chi connectivity index (χ1) is 13.7. The van der Waals surface area contributed by atoms with Crippen molar-refractivity contribution in [1.82, 2.24) is 20.0 Å². The van der Waals surface area contributed by atoms with Crippen molar-refractivity contribution in [2.45, 2.75) is 12.6 Å². The third-order valence-corrected chi connectivity index (χ3v) is 4.39. The van der Waals surface area contributed by atoms with E-state index in [1.807, 2.05) is 30.3 Å². The first-order valence-electron chi connectivity index (χ1n) is 9.16. The van der Waals surface area contributed by atoms with Gasteiger partial charge in [0.15, 0.2) is 0 Å². The summed E-state index contributed by atoms with van der Waals surface area (Å²) < 4.78 is 11.9. The Balaban J connectivity index is 1.58. The van der Waals surface area contributed by atoms with Gasteiger partial charge >= 0.3 is 6.03 Å². The van der Waals surface area contributed by atoms with Gasteiger partial charge < -0.3 is 25.0 Å². The second-order valence-electron chi connectivity index (χ2n) is 6.39. The minimum absolute atomic E-state index is 0.0732. The molecule has 1 aromatic carbocycles. The zero-order valence-corrected chi connectivity index (χ0v) is 15.8. The molecule has 3 rings (SSSR count). The predicted octanol–water partition coefficient (Wildman–Crippen LogP) is 1.25. The van der Waals surface area contributed by atoms with E-state index in [-0.39, 0.29) is 24.5 Å². The summed E-state index contributed by atoms with van der Waals surface area (Å²) in [5.74, 6) is -0.171. The monoisotopic (exact) mass is 387 g/mol. The van der Waals surface area contributed by atoms with Crippen molar-refractivity contribution >= 4 is 17.6 Å². The van der Waals surface area contributed by atoms with Crippen molar-refractivity contribution in [1.29, 1.82) is 0 Å². The molecule has 0 radical (unpaired) electrons. The number of aromatic nitrogens is 2. The Bertz CT molecular complexity index is 780. The molecule has 0 bridgehead atoms. The van der Waals surface area contributed by atoms with E-state index in [9.17, 15) is 9.59 Å². The number of methoxy groups -OCH3 is 1. The van der Waals surface area contributed by atoms with Gasteiger partial charge in [-0.25, -0.2) is 4.79 Å². The molecule has 2 heterocycles. The molecule has 0 spiro atoms. The summed E-state index contributed by atoms with van der Waals surface area (Å²) in [7, 11) is 1.57. The lowest BCUT2D eigenvalue weighted by atomic mass is 10.1. The molecule has 2 aromatic rings. The number of hydrogen-bond donors (Lipinski definition) is 2. The number of nitrogens with one attached hydrogen (secondary N) is 2. The third kappa shape index (κ3) is 5.30. The van der Waals surface area contributed by atoms with Gasteiger partial charge in [0.25, 0.3) is 0 Å². The summed E-state index contributed by atoms with van der Waals surface area (Å²) in [6, 6.07) is 9.44. The number of carbonyl (C=O) groups is 2. The molecule has 9 heteroatoms. The Morgan fingerprint density at radius 2 is 2.14 bits per heavy atom. The standard InChI is InChI=1S/C19H25N5O4/c1-27-9-7-20-18(25)13-23-12-16(11-21-23)22-19(26)24-8-10-28-14-17(24)15-5-3-2-4-6-15/h2-6,11-12,17H,7-10,13-14H2,1H3,(H,20,25)(H,22,26). The van der Waals surface area contributed by atoms with E-state index in [1.54, 1.807) is 18.2 Å². The van der Waals surface area contributed by atoms with Gasteiger partial charge in [0.2, 0.25) is 5.91 Å². The van der Waals surface area contributed by atoms with E-state index < -0.39 is 0 Å². The van der Waals surface area contributed by atoms with Crippen LogP contribution in [0.25, 0.3) is 0 Å². The highest BCUT2D eigenvalue weighted by Gasteiger charge is 2.28. The van der Waals surface area contributed by atoms with E-state index in [0.29, 0.717) is 38.6 Å². The SMILES string of the molecule is COCCNC(=O)Cn1cc(NC(=O)N2CCOCC2c2ccccc2)cn1. The normalized spacial score (nSPS) is 16.6. The second kappa shape index (κ2) is 9.86. The number of ether oxygens (including phenoxy) is 2. The lowest BCUT2D eigenvalue weighted by Gasteiger charge is -2.35. The fourth-order valence-corrected chi connectivity index (χ4v) is 3.00. The molecule has 0 aliphatic carbocycles. The van der Waals surface area contributed by atoms with Crippen molar-refractivity contribution in [2.24, 2.45) is 0 Å². The molecule has 3 amide bonds. The number of carbonyl (C=O) groups excluding carboxylic acids is 2. The highest BCUT2D eigenvalue weighted by Crippen LogP contribution is 2.24. The number of rotatable bonds is 7. The summed E-state index contributed by atoms with van der Waals surface area (Å²) in [5.41, 5.74) is 1.56. The zero-order valence-electron chi connectivity index (χ0n) is 15.8. The minimum atomic E-state index is -0.221. The molecule has 0 saturated carbocycles. The molecule has 1 fully saturated rings. The summed E-state index contributed by atoms with van der Waals surface area (Å²) in [6.45, 7) is 2.42. The van der Waals surface area contributed by atoms with Crippen LogP contribution in [0.15, 0.2) is 42.7 Å². The smallest absolute Gasteiger partial charge is 0.322 e. The van der Waals surface area contributed by atoms with Crippen LogP contribution in [0.5, 0.6) is 0 Å². The van der Waals surface area contributed by atoms with Crippen LogP contribution in [0.3, 0.4) is 0 Å². The van der Waals surface area contributed by atoms with Crippen molar-refractivity contribution in [3.8, 4) is 0 Å². The van der Waals surface area contributed by atoms with Gasteiger partial charge in [0.1, 0.15) is 6.54 Å². The van der Waals surface area contributed by atoms with Gasteiger partial charge in [0, 0.05) is 26.4 Å². The average Bonchev–Trinajstić information content (AvgIpc) is 3.15. The van der Waals surface area contributed by atoms with Crippen LogP contribution in [0, 0.1) is 0 Å². The lowest BCUT2D eigenvalue weighted by molar-refractivity contribution is -0.122. The third-order valence-electron chi connectivity index (χ3n) is 4.39. The maximum atomic E-state index is 12.8. The van der Waals surface area contributed by atoms with Crippen LogP contribution >= 0.6 is 0 Å². The Morgan fingerprint density at radius 3 is 2.93 bits per heavy atom. The van der Waals surface area contributed by atoms with Gasteiger partial charge in [-0.1, -0.05) is 30.3 Å². The van der Waals surface area contributed by atoms with Crippen LogP contribution in [-0.4, -0.2) is 66.6 Å².